The number of carbonyl (C=O) groups is 1. The van der Waals surface area contributed by atoms with Gasteiger partial charge >= 0.3 is 0 Å². The zero-order chi connectivity index (χ0) is 13.6. The number of rotatable bonds is 6. The highest BCUT2D eigenvalue weighted by atomic mass is 16.3. The fraction of sp³-hybridized carbons (Fsp3) is 0.923. The third-order valence-corrected chi connectivity index (χ3v) is 2.84. The van der Waals surface area contributed by atoms with E-state index < -0.39 is 6.04 Å². The molecular formula is C13H28N2O2. The van der Waals surface area contributed by atoms with Gasteiger partial charge in [0.15, 0.2) is 0 Å². The molecule has 0 aromatic heterocycles. The summed E-state index contributed by atoms with van der Waals surface area (Å²) in [6, 6.07) is -0.503. The molecule has 1 amide bonds. The summed E-state index contributed by atoms with van der Waals surface area (Å²) in [6.45, 7) is 10.3. The normalized spacial score (nSPS) is 15.8. The van der Waals surface area contributed by atoms with E-state index in [0.29, 0.717) is 18.8 Å². The van der Waals surface area contributed by atoms with Crippen LogP contribution in [0.25, 0.3) is 0 Å². The Kier molecular flexibility index (Phi) is 6.72. The van der Waals surface area contributed by atoms with Gasteiger partial charge in [-0.05, 0) is 24.2 Å². The van der Waals surface area contributed by atoms with Crippen LogP contribution in [-0.4, -0.2) is 29.7 Å². The Morgan fingerprint density at radius 1 is 1.35 bits per heavy atom. The molecule has 2 atom stereocenters. The fourth-order valence-electron chi connectivity index (χ4n) is 1.74. The van der Waals surface area contributed by atoms with Crippen molar-refractivity contribution in [2.75, 3.05) is 6.61 Å². The molecule has 0 fully saturated rings. The van der Waals surface area contributed by atoms with Crippen LogP contribution in [0.1, 0.15) is 47.5 Å². The van der Waals surface area contributed by atoms with Gasteiger partial charge in [0.05, 0.1) is 6.04 Å². The van der Waals surface area contributed by atoms with Crippen molar-refractivity contribution >= 4 is 5.91 Å². The molecule has 0 spiro atoms. The monoisotopic (exact) mass is 244 g/mol. The molecule has 0 aliphatic heterocycles. The van der Waals surface area contributed by atoms with Crippen molar-refractivity contribution < 1.29 is 9.90 Å². The predicted molar refractivity (Wildman–Crippen MR) is 70.5 cm³/mol. The van der Waals surface area contributed by atoms with Gasteiger partial charge in [-0.2, -0.15) is 0 Å². The lowest BCUT2D eigenvalue weighted by Crippen LogP contribution is -2.50. The van der Waals surface area contributed by atoms with E-state index in [1.54, 1.807) is 0 Å². The van der Waals surface area contributed by atoms with Crippen LogP contribution in [0.2, 0.25) is 0 Å². The van der Waals surface area contributed by atoms with Crippen LogP contribution in [-0.2, 0) is 4.79 Å². The molecule has 0 aliphatic carbocycles. The van der Waals surface area contributed by atoms with Crippen molar-refractivity contribution in [3.05, 3.63) is 0 Å². The van der Waals surface area contributed by atoms with E-state index in [1.165, 1.54) is 0 Å². The van der Waals surface area contributed by atoms with Crippen molar-refractivity contribution in [1.82, 2.24) is 5.32 Å². The molecule has 1 unspecified atom stereocenters. The SMILES string of the molecule is CC(C)C[C@H](N)C(=O)NC(CCO)C(C)(C)C. The second kappa shape index (κ2) is 6.97. The van der Waals surface area contributed by atoms with Gasteiger partial charge in [0, 0.05) is 12.6 Å². The van der Waals surface area contributed by atoms with E-state index in [1.807, 2.05) is 34.6 Å². The van der Waals surface area contributed by atoms with Crippen LogP contribution in [0.3, 0.4) is 0 Å². The van der Waals surface area contributed by atoms with Crippen molar-refractivity contribution in [1.29, 1.82) is 0 Å². The summed E-state index contributed by atoms with van der Waals surface area (Å²) in [7, 11) is 0. The molecule has 4 heteroatoms. The minimum Gasteiger partial charge on any atom is -0.396 e. The summed E-state index contributed by atoms with van der Waals surface area (Å²) >= 11 is 0. The van der Waals surface area contributed by atoms with Gasteiger partial charge in [-0.25, -0.2) is 0 Å². The summed E-state index contributed by atoms with van der Waals surface area (Å²) in [4.78, 5) is 11.9. The maximum atomic E-state index is 11.9. The number of hydrogen-bond donors (Lipinski definition) is 3. The minimum absolute atomic E-state index is 0.0433. The lowest BCUT2D eigenvalue weighted by atomic mass is 9.84. The van der Waals surface area contributed by atoms with Crippen molar-refractivity contribution in [2.45, 2.75) is 59.5 Å². The first-order valence-corrected chi connectivity index (χ1v) is 6.35. The Balaban J connectivity index is 4.40. The van der Waals surface area contributed by atoms with Gasteiger partial charge in [0.25, 0.3) is 0 Å². The first-order chi connectivity index (χ1) is 7.68. The number of amides is 1. The quantitative estimate of drug-likeness (QED) is 0.658. The average molecular weight is 244 g/mol. The number of nitrogens with two attached hydrogens (primary N) is 1. The summed E-state index contributed by atoms with van der Waals surface area (Å²) in [5, 5.41) is 12.0. The largest absolute Gasteiger partial charge is 0.396 e. The molecule has 102 valence electrons. The summed E-state index contributed by atoms with van der Waals surface area (Å²) in [5.41, 5.74) is 5.76. The molecule has 0 bridgehead atoms. The summed E-state index contributed by atoms with van der Waals surface area (Å²) in [5.74, 6) is 0.286. The predicted octanol–water partition coefficient (Wildman–Crippen LogP) is 1.27. The number of hydrogen-bond acceptors (Lipinski definition) is 3. The number of aliphatic hydroxyl groups is 1. The molecule has 0 rings (SSSR count). The van der Waals surface area contributed by atoms with E-state index >= 15 is 0 Å². The lowest BCUT2D eigenvalue weighted by molar-refractivity contribution is -0.124. The number of aliphatic hydroxyl groups excluding tert-OH is 1. The topological polar surface area (TPSA) is 75.4 Å². The molecule has 0 aromatic rings. The molecule has 4 N–H and O–H groups in total. The highest BCUT2D eigenvalue weighted by Crippen LogP contribution is 2.21. The Morgan fingerprint density at radius 2 is 1.88 bits per heavy atom. The van der Waals surface area contributed by atoms with Gasteiger partial charge in [-0.15, -0.1) is 0 Å². The average Bonchev–Trinajstić information content (AvgIpc) is 2.14. The molecular weight excluding hydrogens is 216 g/mol. The van der Waals surface area contributed by atoms with Gasteiger partial charge in [0.2, 0.25) is 5.91 Å². The van der Waals surface area contributed by atoms with Crippen LogP contribution in [0.5, 0.6) is 0 Å². The van der Waals surface area contributed by atoms with Crippen LogP contribution in [0.15, 0.2) is 0 Å². The molecule has 17 heavy (non-hydrogen) atoms. The van der Waals surface area contributed by atoms with E-state index in [9.17, 15) is 4.79 Å². The van der Waals surface area contributed by atoms with Crippen LogP contribution >= 0.6 is 0 Å². The molecule has 0 saturated heterocycles. The third-order valence-electron chi connectivity index (χ3n) is 2.84. The third kappa shape index (κ3) is 6.64. The Hall–Kier alpha value is -0.610. The lowest BCUT2D eigenvalue weighted by Gasteiger charge is -2.32. The number of carbonyl (C=O) groups excluding carboxylic acids is 1. The summed E-state index contributed by atoms with van der Waals surface area (Å²) in [6.07, 6.45) is 1.24. The van der Waals surface area contributed by atoms with Crippen LogP contribution in [0.4, 0.5) is 0 Å². The first-order valence-electron chi connectivity index (χ1n) is 6.35. The van der Waals surface area contributed by atoms with Crippen LogP contribution < -0.4 is 11.1 Å². The molecule has 0 aromatic carbocycles. The molecule has 0 aliphatic rings. The molecule has 0 saturated carbocycles. The number of nitrogens with one attached hydrogen (secondary N) is 1. The van der Waals surface area contributed by atoms with Gasteiger partial charge in [-0.1, -0.05) is 34.6 Å². The Bertz CT molecular complexity index is 234. The molecule has 4 nitrogen and oxygen atoms in total. The Labute approximate surface area is 105 Å². The first kappa shape index (κ1) is 16.4. The van der Waals surface area contributed by atoms with Gasteiger partial charge in [0.1, 0.15) is 0 Å². The highest BCUT2D eigenvalue weighted by Gasteiger charge is 2.27. The maximum Gasteiger partial charge on any atom is 0.237 e. The van der Waals surface area contributed by atoms with Gasteiger partial charge < -0.3 is 16.2 Å². The fourth-order valence-corrected chi connectivity index (χ4v) is 1.74. The second-order valence-electron chi connectivity index (χ2n) is 6.18. The standard InChI is InChI=1S/C13H28N2O2/c1-9(2)8-10(14)12(17)15-11(6-7-16)13(3,4)5/h9-11,16H,6-8,14H2,1-5H3,(H,15,17)/t10-,11?/m0/s1. The van der Waals surface area contributed by atoms with Crippen molar-refractivity contribution in [2.24, 2.45) is 17.1 Å². The van der Waals surface area contributed by atoms with E-state index in [2.05, 4.69) is 5.32 Å². The zero-order valence-corrected chi connectivity index (χ0v) is 11.8. The van der Waals surface area contributed by atoms with Gasteiger partial charge in [-0.3, -0.25) is 4.79 Å². The smallest absolute Gasteiger partial charge is 0.237 e. The molecule has 0 radical (unpaired) electrons. The van der Waals surface area contributed by atoms with E-state index in [0.717, 1.165) is 0 Å². The van der Waals surface area contributed by atoms with Crippen molar-refractivity contribution in [3.63, 3.8) is 0 Å². The van der Waals surface area contributed by atoms with E-state index in [-0.39, 0.29) is 24.0 Å². The van der Waals surface area contributed by atoms with Crippen molar-refractivity contribution in [3.8, 4) is 0 Å². The highest BCUT2D eigenvalue weighted by molar-refractivity contribution is 5.81. The minimum atomic E-state index is -0.460. The van der Waals surface area contributed by atoms with Crippen LogP contribution in [0, 0.1) is 11.3 Å². The van der Waals surface area contributed by atoms with E-state index in [4.69, 9.17) is 10.8 Å². The second-order valence-corrected chi connectivity index (χ2v) is 6.18. The zero-order valence-electron chi connectivity index (χ0n) is 11.8. The molecule has 0 heterocycles. The summed E-state index contributed by atoms with van der Waals surface area (Å²) < 4.78 is 0. The Morgan fingerprint density at radius 3 is 2.24 bits per heavy atom. The maximum absolute atomic E-state index is 11.9.